The number of carbonyl (C=O) groups is 1. The van der Waals surface area contributed by atoms with Gasteiger partial charge in [-0.1, -0.05) is 29.8 Å². The fraction of sp³-hybridized carbons (Fsp3) is 0.444. The predicted molar refractivity (Wildman–Crippen MR) is 170 cm³/mol. The van der Waals surface area contributed by atoms with E-state index in [2.05, 4.69) is 42.1 Å². The molecule has 0 spiro atoms. The number of aryl methyl sites for hydroxylation is 1. The van der Waals surface area contributed by atoms with Gasteiger partial charge < -0.3 is 9.47 Å². The third-order valence-electron chi connectivity index (χ3n) is 9.68. The first kappa shape index (κ1) is 30.0. The van der Waals surface area contributed by atoms with E-state index >= 15 is 0 Å². The maximum Gasteiger partial charge on any atom is 0.269 e. The van der Waals surface area contributed by atoms with E-state index in [1.165, 1.54) is 45.8 Å². The number of pyridine rings is 1. The molecule has 0 atom stereocenters. The van der Waals surface area contributed by atoms with Crippen molar-refractivity contribution in [3.05, 3.63) is 87.3 Å². The van der Waals surface area contributed by atoms with Gasteiger partial charge in [0.1, 0.15) is 11.6 Å². The number of ether oxygens (including phenoxy) is 2. The number of nitrogens with zero attached hydrogens (tertiary/aromatic N) is 5. The molecule has 4 heterocycles. The van der Waals surface area contributed by atoms with Gasteiger partial charge in [-0.2, -0.15) is 15.0 Å². The van der Waals surface area contributed by atoms with Crippen molar-refractivity contribution in [1.82, 2.24) is 19.7 Å². The Bertz CT molecular complexity index is 1650. The lowest BCUT2D eigenvalue weighted by atomic mass is 9.84. The average Bonchev–Trinajstić information content (AvgIpc) is 3.37. The number of methoxy groups -OCH3 is 1. The van der Waals surface area contributed by atoms with Crippen molar-refractivity contribution in [3.63, 3.8) is 0 Å². The molecule has 1 saturated heterocycles. The van der Waals surface area contributed by atoms with E-state index in [4.69, 9.17) is 19.7 Å². The molecule has 0 N–H and O–H groups in total. The summed E-state index contributed by atoms with van der Waals surface area (Å²) in [4.78, 5) is 19.7. The van der Waals surface area contributed by atoms with Crippen molar-refractivity contribution in [2.75, 3.05) is 33.4 Å². The van der Waals surface area contributed by atoms with Crippen molar-refractivity contribution in [1.29, 1.82) is 5.26 Å². The molecule has 0 radical (unpaired) electrons. The van der Waals surface area contributed by atoms with Crippen molar-refractivity contribution in [3.8, 4) is 17.8 Å². The number of carbonyl (C=O) groups excluding carboxylic acids is 1. The van der Waals surface area contributed by atoms with Crippen LogP contribution in [0.2, 0.25) is 0 Å². The summed E-state index contributed by atoms with van der Waals surface area (Å²) in [6.07, 6.45) is 12.2. The van der Waals surface area contributed by atoms with Crippen LogP contribution in [0, 0.1) is 18.3 Å². The molecular formula is C36H41N5O3. The fourth-order valence-electron chi connectivity index (χ4n) is 7.17. The first-order valence-corrected chi connectivity index (χ1v) is 15.8. The largest absolute Gasteiger partial charge is 0.480 e. The van der Waals surface area contributed by atoms with Gasteiger partial charge in [0, 0.05) is 32.3 Å². The number of benzene rings is 1. The quantitative estimate of drug-likeness (QED) is 0.234. The first-order valence-electron chi connectivity index (χ1n) is 15.8. The number of rotatable bonds is 8. The maximum atomic E-state index is 12.1. The van der Waals surface area contributed by atoms with Crippen molar-refractivity contribution < 1.29 is 14.3 Å². The normalized spacial score (nSPS) is 17.9. The van der Waals surface area contributed by atoms with Crippen LogP contribution in [-0.4, -0.2) is 64.9 Å². The Morgan fingerprint density at radius 1 is 1.09 bits per heavy atom. The van der Waals surface area contributed by atoms with Crippen LogP contribution in [0.1, 0.15) is 77.3 Å². The van der Waals surface area contributed by atoms with E-state index < -0.39 is 5.78 Å². The van der Waals surface area contributed by atoms with Gasteiger partial charge in [-0.3, -0.25) is 9.69 Å². The average molecular weight is 592 g/mol. The van der Waals surface area contributed by atoms with Crippen LogP contribution in [0.25, 0.3) is 11.4 Å². The topological polar surface area (TPSA) is 93.3 Å². The molecule has 44 heavy (non-hydrogen) atoms. The van der Waals surface area contributed by atoms with E-state index in [9.17, 15) is 4.79 Å². The second-order valence-electron chi connectivity index (χ2n) is 12.1. The maximum absolute atomic E-state index is 12.1. The Morgan fingerprint density at radius 2 is 1.91 bits per heavy atom. The fourth-order valence-corrected chi connectivity index (χ4v) is 7.17. The van der Waals surface area contributed by atoms with Crippen LogP contribution in [0.3, 0.4) is 0 Å². The van der Waals surface area contributed by atoms with Gasteiger partial charge in [0.15, 0.2) is 5.82 Å². The number of ketones is 1. The lowest BCUT2D eigenvalue weighted by Crippen LogP contribution is -2.40. The van der Waals surface area contributed by atoms with Crippen LogP contribution in [0.5, 0.6) is 5.88 Å². The molecule has 0 amide bonds. The van der Waals surface area contributed by atoms with Crippen LogP contribution in [0.4, 0.5) is 0 Å². The summed E-state index contributed by atoms with van der Waals surface area (Å²) in [6, 6.07) is 12.9. The van der Waals surface area contributed by atoms with E-state index in [-0.39, 0.29) is 11.4 Å². The molecule has 2 aliphatic heterocycles. The monoisotopic (exact) mass is 591 g/mol. The minimum absolute atomic E-state index is 0.128. The summed E-state index contributed by atoms with van der Waals surface area (Å²) >= 11 is 0. The first-order chi connectivity index (χ1) is 21.5. The molecule has 8 heteroatoms. The second kappa shape index (κ2) is 13.3. The molecule has 6 rings (SSSR count). The van der Waals surface area contributed by atoms with Gasteiger partial charge in [-0.15, -0.1) is 0 Å². The van der Waals surface area contributed by atoms with E-state index in [0.717, 1.165) is 88.9 Å². The molecule has 1 fully saturated rings. The van der Waals surface area contributed by atoms with Gasteiger partial charge in [0.2, 0.25) is 5.88 Å². The molecule has 8 nitrogen and oxygen atoms in total. The Balaban J connectivity index is 1.21. The Labute approximate surface area is 260 Å². The van der Waals surface area contributed by atoms with Gasteiger partial charge >= 0.3 is 0 Å². The van der Waals surface area contributed by atoms with Gasteiger partial charge in [0.25, 0.3) is 5.78 Å². The van der Waals surface area contributed by atoms with Crippen molar-refractivity contribution in [2.45, 2.75) is 71.3 Å². The lowest BCUT2D eigenvalue weighted by molar-refractivity contribution is 0.0355. The summed E-state index contributed by atoms with van der Waals surface area (Å²) in [6.45, 7) is 8.63. The van der Waals surface area contributed by atoms with E-state index in [1.54, 1.807) is 11.6 Å². The number of hydrogen-bond donors (Lipinski definition) is 0. The van der Waals surface area contributed by atoms with E-state index in [0.29, 0.717) is 11.9 Å². The molecule has 0 saturated carbocycles. The summed E-state index contributed by atoms with van der Waals surface area (Å²) in [5.41, 5.74) is 10.9. The number of fused-ring (bicyclic) bond motifs is 1. The zero-order valence-electron chi connectivity index (χ0n) is 26.1. The van der Waals surface area contributed by atoms with Gasteiger partial charge in [-0.05, 0) is 111 Å². The highest BCUT2D eigenvalue weighted by Crippen LogP contribution is 2.36. The second-order valence-corrected chi connectivity index (χ2v) is 12.1. The third-order valence-corrected chi connectivity index (χ3v) is 9.68. The summed E-state index contributed by atoms with van der Waals surface area (Å²) in [5.74, 6) is 0.0568. The van der Waals surface area contributed by atoms with Crippen LogP contribution in [0.15, 0.2) is 53.8 Å². The van der Waals surface area contributed by atoms with Crippen LogP contribution < -0.4 is 4.74 Å². The molecule has 3 aromatic rings. The molecule has 1 aromatic carbocycles. The highest BCUT2D eigenvalue weighted by atomic mass is 16.5. The Morgan fingerprint density at radius 3 is 2.70 bits per heavy atom. The number of Topliss-reactive ketones (excluding diaryl/α,β-unsaturated/α-hetero) is 1. The number of hydrogen-bond acceptors (Lipinski definition) is 7. The van der Waals surface area contributed by atoms with Crippen molar-refractivity contribution in [2.24, 2.45) is 0 Å². The van der Waals surface area contributed by atoms with Gasteiger partial charge in [0.05, 0.1) is 19.0 Å². The smallest absolute Gasteiger partial charge is 0.269 e. The Kier molecular flexibility index (Phi) is 9.06. The SMILES string of the molecule is COc1c(C(=O)C#N)cnn1-c1cccc(C2=CCCC(C)=C2CCc2ccc3c(c2C)CCN(C2CCOCC2)CC3)n1. The lowest BCUT2D eigenvalue weighted by Gasteiger charge is -2.33. The standard InChI is InChI=1S/C36H41N5O3/c1-24-6-4-7-31(33-8-5-9-35(39-33)41-36(43-3)32(23-38-41)34(42)22-37)29(24)13-12-26-10-11-27-14-18-40(19-15-30(27)25(26)2)28-16-20-44-21-17-28/h5,7-11,23,28H,4,6,12-21H2,1-3H3. The third kappa shape index (κ3) is 5.99. The molecule has 1 aliphatic carbocycles. The molecule has 0 unspecified atom stereocenters. The molecular weight excluding hydrogens is 550 g/mol. The van der Waals surface area contributed by atoms with E-state index in [1.807, 2.05) is 18.2 Å². The predicted octanol–water partition coefficient (Wildman–Crippen LogP) is 6.00. The number of aromatic nitrogens is 3. The number of nitriles is 1. The molecule has 3 aliphatic rings. The van der Waals surface area contributed by atoms with Crippen LogP contribution in [-0.2, 0) is 24.0 Å². The molecule has 0 bridgehead atoms. The Hall–Kier alpha value is -4.06. The molecule has 228 valence electrons. The minimum atomic E-state index is -0.690. The zero-order chi connectivity index (χ0) is 30.6. The summed E-state index contributed by atoms with van der Waals surface area (Å²) < 4.78 is 12.6. The minimum Gasteiger partial charge on any atom is -0.480 e. The van der Waals surface area contributed by atoms with Crippen molar-refractivity contribution >= 4 is 11.4 Å². The summed E-state index contributed by atoms with van der Waals surface area (Å²) in [5, 5.41) is 13.4. The van der Waals surface area contributed by atoms with Gasteiger partial charge in [-0.25, -0.2) is 4.98 Å². The molecule has 2 aromatic heterocycles. The highest BCUT2D eigenvalue weighted by Gasteiger charge is 2.25. The number of allylic oxidation sites excluding steroid dienone is 4. The van der Waals surface area contributed by atoms with Crippen LogP contribution >= 0.6 is 0 Å². The zero-order valence-corrected chi connectivity index (χ0v) is 26.1. The highest BCUT2D eigenvalue weighted by molar-refractivity contribution is 6.09. The summed E-state index contributed by atoms with van der Waals surface area (Å²) in [7, 11) is 1.46.